The van der Waals surface area contributed by atoms with Gasteiger partial charge in [0.15, 0.2) is 0 Å². The van der Waals surface area contributed by atoms with E-state index in [-0.39, 0.29) is 29.2 Å². The number of nitrogens with zero attached hydrogens (tertiary/aromatic N) is 2. The van der Waals surface area contributed by atoms with Gasteiger partial charge in [0.25, 0.3) is 0 Å². The molecule has 166 valence electrons. The summed E-state index contributed by atoms with van der Waals surface area (Å²) in [7, 11) is 0. The van der Waals surface area contributed by atoms with E-state index >= 15 is 0 Å². The molecule has 2 aromatic carbocycles. The zero-order valence-corrected chi connectivity index (χ0v) is 18.7. The number of fused-ring (bicyclic) bond motifs is 6. The second kappa shape index (κ2) is 7.12. The van der Waals surface area contributed by atoms with Crippen LogP contribution in [0, 0.1) is 30.6 Å². The van der Waals surface area contributed by atoms with Crippen LogP contribution in [-0.2, 0) is 9.59 Å². The Morgan fingerprint density at radius 3 is 2.27 bits per heavy atom. The number of carboxylic acid groups (broad SMARTS) is 1. The van der Waals surface area contributed by atoms with Gasteiger partial charge >= 0.3 is 5.97 Å². The minimum Gasteiger partial charge on any atom is -0.478 e. The van der Waals surface area contributed by atoms with Gasteiger partial charge in [-0.15, -0.1) is 0 Å². The Kier molecular flexibility index (Phi) is 4.40. The third kappa shape index (κ3) is 2.86. The maximum Gasteiger partial charge on any atom is 0.336 e. The molecular weight excluding hydrogens is 440 g/mol. The van der Waals surface area contributed by atoms with Crippen LogP contribution in [0.5, 0.6) is 0 Å². The van der Waals surface area contributed by atoms with Gasteiger partial charge in [0.05, 0.1) is 34.3 Å². The Morgan fingerprint density at radius 1 is 1.03 bits per heavy atom. The molecule has 4 unspecified atom stereocenters. The van der Waals surface area contributed by atoms with Crippen molar-refractivity contribution in [3.8, 4) is 11.3 Å². The number of carbonyl (C=O) groups is 3. The molecule has 2 bridgehead atoms. The van der Waals surface area contributed by atoms with Crippen molar-refractivity contribution in [2.45, 2.75) is 26.2 Å². The number of hydrogen-bond donors (Lipinski definition) is 1. The molecule has 3 aliphatic rings. The van der Waals surface area contributed by atoms with Crippen molar-refractivity contribution in [2.24, 2.45) is 23.7 Å². The molecule has 3 aromatic rings. The van der Waals surface area contributed by atoms with Gasteiger partial charge in [0.2, 0.25) is 11.8 Å². The summed E-state index contributed by atoms with van der Waals surface area (Å²) in [4.78, 5) is 44.1. The van der Waals surface area contributed by atoms with Gasteiger partial charge in [0, 0.05) is 16.0 Å². The highest BCUT2D eigenvalue weighted by molar-refractivity contribution is 6.32. The van der Waals surface area contributed by atoms with E-state index in [1.54, 1.807) is 42.5 Å². The maximum atomic E-state index is 13.1. The average Bonchev–Trinajstić information content (AvgIpc) is 3.49. The van der Waals surface area contributed by atoms with Gasteiger partial charge in [0.1, 0.15) is 0 Å². The van der Waals surface area contributed by atoms with Crippen LogP contribution in [0.15, 0.2) is 42.5 Å². The number of aromatic nitrogens is 1. The predicted molar refractivity (Wildman–Crippen MR) is 124 cm³/mol. The van der Waals surface area contributed by atoms with Crippen molar-refractivity contribution in [1.29, 1.82) is 0 Å². The van der Waals surface area contributed by atoms with Gasteiger partial charge in [-0.2, -0.15) is 0 Å². The number of aromatic carboxylic acids is 1. The van der Waals surface area contributed by atoms with Crippen molar-refractivity contribution in [1.82, 2.24) is 4.98 Å². The fourth-order valence-electron chi connectivity index (χ4n) is 6.17. The Hall–Kier alpha value is -3.25. The van der Waals surface area contributed by atoms with Gasteiger partial charge in [-0.1, -0.05) is 29.8 Å². The highest BCUT2D eigenvalue weighted by Crippen LogP contribution is 2.56. The quantitative estimate of drug-likeness (QED) is 0.549. The van der Waals surface area contributed by atoms with Gasteiger partial charge in [-0.05, 0) is 67.9 Å². The maximum absolute atomic E-state index is 13.1. The summed E-state index contributed by atoms with van der Waals surface area (Å²) in [5, 5.41) is 10.8. The third-order valence-electron chi connectivity index (χ3n) is 7.75. The topological polar surface area (TPSA) is 87.6 Å². The second-order valence-corrected chi connectivity index (χ2v) is 9.78. The summed E-state index contributed by atoms with van der Waals surface area (Å²) in [6.07, 6.45) is 3.09. The van der Waals surface area contributed by atoms with Crippen LogP contribution in [0.25, 0.3) is 22.2 Å². The number of carboxylic acids is 1. The van der Waals surface area contributed by atoms with Crippen molar-refractivity contribution >= 4 is 46.0 Å². The lowest BCUT2D eigenvalue weighted by Crippen LogP contribution is -2.32. The van der Waals surface area contributed by atoms with Crippen LogP contribution >= 0.6 is 11.6 Å². The average molecular weight is 461 g/mol. The molecule has 7 heteroatoms. The normalized spacial score (nSPS) is 25.8. The molecule has 6 nitrogen and oxygen atoms in total. The first-order valence-electron chi connectivity index (χ1n) is 11.2. The molecule has 1 aliphatic heterocycles. The lowest BCUT2D eigenvalue weighted by atomic mass is 9.81. The van der Waals surface area contributed by atoms with Crippen molar-refractivity contribution < 1.29 is 19.5 Å². The summed E-state index contributed by atoms with van der Waals surface area (Å²) in [6.45, 7) is 1.81. The number of anilines is 1. The molecule has 3 fully saturated rings. The van der Waals surface area contributed by atoms with E-state index in [1.807, 2.05) is 6.92 Å². The van der Waals surface area contributed by atoms with Gasteiger partial charge < -0.3 is 5.11 Å². The van der Waals surface area contributed by atoms with Gasteiger partial charge in [-0.3, -0.25) is 14.5 Å². The van der Waals surface area contributed by atoms with Crippen LogP contribution in [0.1, 0.15) is 35.2 Å². The molecule has 0 radical (unpaired) electrons. The van der Waals surface area contributed by atoms with Crippen LogP contribution in [0.2, 0.25) is 5.02 Å². The standard InChI is InChI=1S/C26H21ClN2O4/c1-12-19(27)9-8-17-18(26(32)33)11-20(28-23(12)17)13-4-6-16(7-5-13)29-24(30)21-14-2-3-15(10-14)22(21)25(29)31/h4-9,11,14-15,21-22H,2-3,10H2,1H3,(H,32,33). The molecule has 2 aliphatic carbocycles. The van der Waals surface area contributed by atoms with Crippen molar-refractivity contribution in [3.05, 3.63) is 58.6 Å². The summed E-state index contributed by atoms with van der Waals surface area (Å²) < 4.78 is 0. The smallest absolute Gasteiger partial charge is 0.336 e. The first-order valence-corrected chi connectivity index (χ1v) is 11.5. The number of hydrogen-bond acceptors (Lipinski definition) is 4. The monoisotopic (exact) mass is 460 g/mol. The zero-order valence-electron chi connectivity index (χ0n) is 17.9. The molecule has 33 heavy (non-hydrogen) atoms. The number of rotatable bonds is 3. The molecular formula is C26H21ClN2O4. The van der Waals surface area contributed by atoms with Gasteiger partial charge in [-0.25, -0.2) is 9.78 Å². The Bertz CT molecular complexity index is 1340. The lowest BCUT2D eigenvalue weighted by Gasteiger charge is -2.19. The summed E-state index contributed by atoms with van der Waals surface area (Å²) in [5.41, 5.74) is 3.14. The van der Waals surface area contributed by atoms with Crippen LogP contribution < -0.4 is 4.90 Å². The molecule has 1 saturated heterocycles. The predicted octanol–water partition coefficient (Wildman–Crippen LogP) is 5.10. The number of imide groups is 1. The Labute approximate surface area is 195 Å². The number of aryl methyl sites for hydroxylation is 1. The molecule has 4 atom stereocenters. The molecule has 1 aromatic heterocycles. The Morgan fingerprint density at radius 2 is 1.67 bits per heavy atom. The Balaban J connectivity index is 1.38. The van der Waals surface area contributed by atoms with E-state index in [0.29, 0.717) is 50.3 Å². The minimum atomic E-state index is -1.04. The highest BCUT2D eigenvalue weighted by Gasteiger charge is 2.61. The molecule has 2 amide bonds. The van der Waals surface area contributed by atoms with Crippen LogP contribution in [-0.4, -0.2) is 27.9 Å². The zero-order chi connectivity index (χ0) is 23.0. The molecule has 1 N–H and O–H groups in total. The molecule has 0 spiro atoms. The number of halogens is 1. The van der Waals surface area contributed by atoms with E-state index in [9.17, 15) is 19.5 Å². The van der Waals surface area contributed by atoms with E-state index in [4.69, 9.17) is 11.6 Å². The largest absolute Gasteiger partial charge is 0.478 e. The van der Waals surface area contributed by atoms with Crippen molar-refractivity contribution in [2.75, 3.05) is 4.90 Å². The number of pyridine rings is 1. The fraction of sp³-hybridized carbons (Fsp3) is 0.308. The van der Waals surface area contributed by atoms with E-state index in [0.717, 1.165) is 19.3 Å². The molecule has 6 rings (SSSR count). The molecule has 2 saturated carbocycles. The lowest BCUT2D eigenvalue weighted by molar-refractivity contribution is -0.123. The van der Waals surface area contributed by atoms with E-state index in [2.05, 4.69) is 4.98 Å². The first-order chi connectivity index (χ1) is 15.8. The third-order valence-corrected chi connectivity index (χ3v) is 8.16. The van der Waals surface area contributed by atoms with Crippen LogP contribution in [0.3, 0.4) is 0 Å². The second-order valence-electron chi connectivity index (χ2n) is 9.37. The fourth-order valence-corrected chi connectivity index (χ4v) is 6.33. The summed E-state index contributed by atoms with van der Waals surface area (Å²) in [5.74, 6) is -0.845. The SMILES string of the molecule is Cc1c(Cl)ccc2c(C(=O)O)cc(-c3ccc(N4C(=O)C5C6CCC(C6)C5C4=O)cc3)nc12. The van der Waals surface area contributed by atoms with E-state index in [1.165, 1.54) is 4.90 Å². The summed E-state index contributed by atoms with van der Waals surface area (Å²) in [6, 6.07) is 11.9. The minimum absolute atomic E-state index is 0.0767. The van der Waals surface area contributed by atoms with Crippen molar-refractivity contribution in [3.63, 3.8) is 0 Å². The van der Waals surface area contributed by atoms with Crippen LogP contribution in [0.4, 0.5) is 5.69 Å². The van der Waals surface area contributed by atoms with E-state index < -0.39 is 5.97 Å². The first kappa shape index (κ1) is 20.4. The molecule has 2 heterocycles. The number of benzene rings is 2. The summed E-state index contributed by atoms with van der Waals surface area (Å²) >= 11 is 6.25. The number of amides is 2. The highest BCUT2D eigenvalue weighted by atomic mass is 35.5. The number of carbonyl (C=O) groups excluding carboxylic acids is 2.